The number of halogens is 1. The first kappa shape index (κ1) is 29.6. The second-order valence-electron chi connectivity index (χ2n) is 10.3. The van der Waals surface area contributed by atoms with E-state index in [9.17, 15) is 18.0 Å². The lowest BCUT2D eigenvalue weighted by Crippen LogP contribution is -2.53. The van der Waals surface area contributed by atoms with Crippen molar-refractivity contribution in [3.05, 3.63) is 95.0 Å². The smallest absolute Gasteiger partial charge is 0.264 e. The normalized spacial score (nSPS) is 14.8. The number of rotatable bonds is 10. The summed E-state index contributed by atoms with van der Waals surface area (Å²) < 4.78 is 28.7. The summed E-state index contributed by atoms with van der Waals surface area (Å²) in [5.74, 6) is -0.733. The topological polar surface area (TPSA) is 86.8 Å². The van der Waals surface area contributed by atoms with Crippen molar-refractivity contribution in [1.82, 2.24) is 10.2 Å². The summed E-state index contributed by atoms with van der Waals surface area (Å²) in [6, 6.07) is 21.3. The van der Waals surface area contributed by atoms with Gasteiger partial charge in [0.15, 0.2) is 0 Å². The molecule has 1 atom stereocenters. The van der Waals surface area contributed by atoms with Gasteiger partial charge in [0.2, 0.25) is 11.8 Å². The minimum absolute atomic E-state index is 0.0521. The molecule has 1 saturated carbocycles. The molecular formula is C31H36ClN3O4S. The maximum atomic E-state index is 14.1. The van der Waals surface area contributed by atoms with Crippen LogP contribution in [0.25, 0.3) is 0 Å². The zero-order chi connectivity index (χ0) is 28.7. The second kappa shape index (κ2) is 13.3. The van der Waals surface area contributed by atoms with Gasteiger partial charge >= 0.3 is 0 Å². The van der Waals surface area contributed by atoms with Gasteiger partial charge in [-0.25, -0.2) is 8.42 Å². The van der Waals surface area contributed by atoms with Crippen LogP contribution in [0.4, 0.5) is 5.69 Å². The van der Waals surface area contributed by atoms with E-state index in [0.29, 0.717) is 5.02 Å². The van der Waals surface area contributed by atoms with Gasteiger partial charge in [0, 0.05) is 17.6 Å². The van der Waals surface area contributed by atoms with E-state index >= 15 is 0 Å². The number of benzene rings is 3. The zero-order valence-electron chi connectivity index (χ0n) is 22.9. The molecule has 7 nitrogen and oxygen atoms in total. The molecule has 1 unspecified atom stereocenters. The number of aryl methyl sites for hydroxylation is 1. The molecule has 0 heterocycles. The van der Waals surface area contributed by atoms with E-state index in [1.165, 1.54) is 23.1 Å². The number of carbonyl (C=O) groups is 2. The molecule has 1 N–H and O–H groups in total. The first-order valence-electron chi connectivity index (χ1n) is 13.6. The van der Waals surface area contributed by atoms with E-state index in [2.05, 4.69) is 5.32 Å². The Bertz CT molecular complexity index is 1430. The average Bonchev–Trinajstić information content (AvgIpc) is 2.96. The predicted molar refractivity (Wildman–Crippen MR) is 159 cm³/mol. The van der Waals surface area contributed by atoms with Gasteiger partial charge in [-0.05, 0) is 68.1 Å². The van der Waals surface area contributed by atoms with Crippen molar-refractivity contribution in [3.8, 4) is 0 Å². The molecule has 40 heavy (non-hydrogen) atoms. The third-order valence-corrected chi connectivity index (χ3v) is 9.45. The highest BCUT2D eigenvalue weighted by molar-refractivity contribution is 7.92. The monoisotopic (exact) mass is 581 g/mol. The van der Waals surface area contributed by atoms with Crippen LogP contribution < -0.4 is 9.62 Å². The first-order valence-corrected chi connectivity index (χ1v) is 15.5. The van der Waals surface area contributed by atoms with Crippen LogP contribution >= 0.6 is 11.6 Å². The summed E-state index contributed by atoms with van der Waals surface area (Å²) in [6.07, 6.45) is 5.13. The maximum absolute atomic E-state index is 14.1. The average molecular weight is 582 g/mol. The van der Waals surface area contributed by atoms with Crippen LogP contribution in [0.15, 0.2) is 83.8 Å². The molecule has 3 aromatic carbocycles. The number of nitrogens with one attached hydrogen (secondary N) is 1. The third-order valence-electron chi connectivity index (χ3n) is 7.43. The van der Waals surface area contributed by atoms with Crippen LogP contribution in [0.1, 0.15) is 50.2 Å². The molecule has 212 valence electrons. The molecule has 0 aliphatic heterocycles. The Morgan fingerprint density at radius 1 is 0.950 bits per heavy atom. The van der Waals surface area contributed by atoms with Crippen molar-refractivity contribution in [2.24, 2.45) is 0 Å². The van der Waals surface area contributed by atoms with Crippen LogP contribution in [0, 0.1) is 6.92 Å². The fourth-order valence-electron chi connectivity index (χ4n) is 5.00. The Morgan fingerprint density at radius 3 is 2.30 bits per heavy atom. The molecule has 1 aliphatic rings. The fraction of sp³-hybridized carbons (Fsp3) is 0.355. The van der Waals surface area contributed by atoms with Crippen LogP contribution in [-0.4, -0.2) is 43.8 Å². The number of anilines is 1. The van der Waals surface area contributed by atoms with Gasteiger partial charge < -0.3 is 10.2 Å². The van der Waals surface area contributed by atoms with E-state index in [4.69, 9.17) is 11.6 Å². The van der Waals surface area contributed by atoms with Crippen LogP contribution in [0.5, 0.6) is 0 Å². The summed E-state index contributed by atoms with van der Waals surface area (Å²) in [6.45, 7) is 3.32. The molecule has 0 spiro atoms. The Balaban J connectivity index is 1.67. The van der Waals surface area contributed by atoms with Crippen molar-refractivity contribution in [2.45, 2.75) is 69.5 Å². The number of nitrogens with zero attached hydrogens (tertiary/aromatic N) is 2. The molecule has 3 aromatic rings. The standard InChI is InChI=1S/C31H36ClN3O4S/c1-23-12-9-10-13-25(23)21-34(24(2)31(37)33-27-15-5-3-6-16-27)30(36)22-35(28-17-11-14-26(32)20-28)40(38,39)29-18-7-4-8-19-29/h4,7-14,17-20,24,27H,3,5-6,15-16,21-22H2,1-2H3,(H,33,37). The van der Waals surface area contributed by atoms with E-state index in [0.717, 1.165) is 47.5 Å². The van der Waals surface area contributed by atoms with Crippen molar-refractivity contribution >= 4 is 39.1 Å². The molecule has 0 aromatic heterocycles. The molecular weight excluding hydrogens is 546 g/mol. The minimum atomic E-state index is -4.12. The van der Waals surface area contributed by atoms with Gasteiger partial charge in [0.25, 0.3) is 10.0 Å². The zero-order valence-corrected chi connectivity index (χ0v) is 24.5. The van der Waals surface area contributed by atoms with Gasteiger partial charge in [0.05, 0.1) is 10.6 Å². The third kappa shape index (κ3) is 7.23. The highest BCUT2D eigenvalue weighted by atomic mass is 35.5. The number of amides is 2. The Morgan fingerprint density at radius 2 is 1.62 bits per heavy atom. The minimum Gasteiger partial charge on any atom is -0.352 e. The Hall–Kier alpha value is -3.36. The number of carbonyl (C=O) groups excluding carboxylic acids is 2. The van der Waals surface area contributed by atoms with Crippen molar-refractivity contribution < 1.29 is 18.0 Å². The van der Waals surface area contributed by atoms with Crippen molar-refractivity contribution in [3.63, 3.8) is 0 Å². The lowest BCUT2D eigenvalue weighted by molar-refractivity contribution is -0.139. The van der Waals surface area contributed by atoms with Gasteiger partial charge in [-0.15, -0.1) is 0 Å². The fourth-order valence-corrected chi connectivity index (χ4v) is 6.61. The maximum Gasteiger partial charge on any atom is 0.264 e. The molecule has 0 saturated heterocycles. The summed E-state index contributed by atoms with van der Waals surface area (Å²) in [5, 5.41) is 3.46. The first-order chi connectivity index (χ1) is 19.2. The molecule has 1 aliphatic carbocycles. The van der Waals surface area contributed by atoms with Gasteiger partial charge in [-0.1, -0.05) is 79.4 Å². The van der Waals surface area contributed by atoms with Gasteiger partial charge in [0.1, 0.15) is 12.6 Å². The summed E-state index contributed by atoms with van der Waals surface area (Å²) in [7, 11) is -4.12. The number of hydrogen-bond acceptors (Lipinski definition) is 4. The Kier molecular flexibility index (Phi) is 9.87. The van der Waals surface area contributed by atoms with Crippen molar-refractivity contribution in [1.29, 1.82) is 0 Å². The van der Waals surface area contributed by atoms with Crippen LogP contribution in [0.3, 0.4) is 0 Å². The van der Waals surface area contributed by atoms with E-state index in [1.807, 2.05) is 31.2 Å². The highest BCUT2D eigenvalue weighted by Crippen LogP contribution is 2.27. The van der Waals surface area contributed by atoms with E-state index < -0.39 is 28.5 Å². The highest BCUT2D eigenvalue weighted by Gasteiger charge is 2.33. The van der Waals surface area contributed by atoms with Crippen molar-refractivity contribution in [2.75, 3.05) is 10.8 Å². The summed E-state index contributed by atoms with van der Waals surface area (Å²) in [5.41, 5.74) is 2.12. The molecule has 0 bridgehead atoms. The largest absolute Gasteiger partial charge is 0.352 e. The van der Waals surface area contributed by atoms with Crippen LogP contribution in [-0.2, 0) is 26.2 Å². The molecule has 9 heteroatoms. The summed E-state index contributed by atoms with van der Waals surface area (Å²) >= 11 is 6.22. The quantitative estimate of drug-likeness (QED) is 0.332. The van der Waals surface area contributed by atoms with E-state index in [-0.39, 0.29) is 29.1 Å². The number of sulfonamides is 1. The van der Waals surface area contributed by atoms with Gasteiger partial charge in [-0.2, -0.15) is 0 Å². The molecule has 4 rings (SSSR count). The van der Waals surface area contributed by atoms with Crippen LogP contribution in [0.2, 0.25) is 5.02 Å². The number of hydrogen-bond donors (Lipinski definition) is 1. The molecule has 0 radical (unpaired) electrons. The lowest BCUT2D eigenvalue weighted by Gasteiger charge is -2.33. The second-order valence-corrected chi connectivity index (χ2v) is 12.6. The Labute approximate surface area is 242 Å². The van der Waals surface area contributed by atoms with Gasteiger partial charge in [-0.3, -0.25) is 13.9 Å². The lowest BCUT2D eigenvalue weighted by atomic mass is 9.95. The van der Waals surface area contributed by atoms with E-state index in [1.54, 1.807) is 43.3 Å². The predicted octanol–water partition coefficient (Wildman–Crippen LogP) is 5.71. The SMILES string of the molecule is Cc1ccccc1CN(C(=O)CN(c1cccc(Cl)c1)S(=O)(=O)c1ccccc1)C(C)C(=O)NC1CCCCC1. The summed E-state index contributed by atoms with van der Waals surface area (Å²) in [4.78, 5) is 29.0. The molecule has 2 amide bonds. The molecule has 1 fully saturated rings.